The highest BCUT2D eigenvalue weighted by Crippen LogP contribution is 2.36. The van der Waals surface area contributed by atoms with Crippen molar-refractivity contribution < 1.29 is 27.6 Å². The van der Waals surface area contributed by atoms with E-state index in [1.54, 1.807) is 6.92 Å². The van der Waals surface area contributed by atoms with Gasteiger partial charge in [0.05, 0.1) is 0 Å². The summed E-state index contributed by atoms with van der Waals surface area (Å²) in [7, 11) is 0. The Morgan fingerprint density at radius 2 is 1.96 bits per heavy atom. The molecule has 1 heterocycles. The lowest BCUT2D eigenvalue weighted by Crippen LogP contribution is -2.50. The molecule has 0 aromatic carbocycles. The van der Waals surface area contributed by atoms with Crippen molar-refractivity contribution in [3.05, 3.63) is 0 Å². The number of nitrogens with zero attached hydrogens (tertiary/aromatic N) is 2. The Kier molecular flexibility index (Phi) is 4.34. The highest BCUT2D eigenvalue weighted by molar-refractivity contribution is 6.08. The van der Waals surface area contributed by atoms with Crippen molar-refractivity contribution in [3.8, 4) is 0 Å². The molecule has 1 aliphatic carbocycles. The van der Waals surface area contributed by atoms with Crippen LogP contribution in [-0.4, -0.2) is 58.5 Å². The summed E-state index contributed by atoms with van der Waals surface area (Å²) in [6.07, 6.45) is -2.98. The lowest BCUT2D eigenvalue weighted by molar-refractivity contribution is -0.166. The Morgan fingerprint density at radius 1 is 1.39 bits per heavy atom. The van der Waals surface area contributed by atoms with Crippen molar-refractivity contribution >= 4 is 17.8 Å². The van der Waals surface area contributed by atoms with E-state index >= 15 is 0 Å². The molecule has 4 amide bonds. The van der Waals surface area contributed by atoms with Gasteiger partial charge >= 0.3 is 12.2 Å². The van der Waals surface area contributed by atoms with Gasteiger partial charge in [-0.2, -0.15) is 13.2 Å². The van der Waals surface area contributed by atoms with Gasteiger partial charge in [0.15, 0.2) is 0 Å². The number of hydrogen-bond donors (Lipinski definition) is 1. The van der Waals surface area contributed by atoms with E-state index in [4.69, 9.17) is 0 Å². The molecular formula is C14H20F3N3O3. The quantitative estimate of drug-likeness (QED) is 0.774. The van der Waals surface area contributed by atoms with Crippen molar-refractivity contribution in [2.45, 2.75) is 51.4 Å². The molecule has 0 spiro atoms. The minimum Gasteiger partial charge on any atom is -0.329 e. The van der Waals surface area contributed by atoms with Crippen molar-refractivity contribution in [3.63, 3.8) is 0 Å². The van der Waals surface area contributed by atoms with E-state index < -0.39 is 48.7 Å². The summed E-state index contributed by atoms with van der Waals surface area (Å²) in [6.45, 7) is 2.45. The highest BCUT2D eigenvalue weighted by atomic mass is 19.4. The first-order chi connectivity index (χ1) is 10.4. The third kappa shape index (κ3) is 3.94. The van der Waals surface area contributed by atoms with Crippen molar-refractivity contribution in [2.24, 2.45) is 5.92 Å². The number of carbonyl (C=O) groups excluding carboxylic acids is 3. The molecule has 0 aromatic heterocycles. The first kappa shape index (κ1) is 17.6. The molecule has 0 aromatic rings. The van der Waals surface area contributed by atoms with E-state index in [-0.39, 0.29) is 5.92 Å². The number of urea groups is 1. The topological polar surface area (TPSA) is 69.7 Å². The Balaban J connectivity index is 2.11. The molecule has 2 rings (SSSR count). The van der Waals surface area contributed by atoms with Crippen LogP contribution in [-0.2, 0) is 9.59 Å². The average molecular weight is 335 g/mol. The summed E-state index contributed by atoms with van der Waals surface area (Å²) >= 11 is 0. The van der Waals surface area contributed by atoms with Gasteiger partial charge in [0, 0.05) is 6.04 Å². The lowest BCUT2D eigenvalue weighted by atomic mass is 10.1. The minimum absolute atomic E-state index is 0.0425. The van der Waals surface area contributed by atoms with E-state index in [1.807, 2.05) is 0 Å². The number of hydrogen-bond acceptors (Lipinski definition) is 3. The summed E-state index contributed by atoms with van der Waals surface area (Å²) in [4.78, 5) is 37.5. The molecule has 1 saturated carbocycles. The number of imide groups is 1. The first-order valence-electron chi connectivity index (χ1n) is 7.43. The van der Waals surface area contributed by atoms with Crippen molar-refractivity contribution in [2.75, 3.05) is 13.1 Å². The Hall–Kier alpha value is -1.80. The minimum atomic E-state index is -4.53. The number of carbonyl (C=O) groups is 3. The molecular weight excluding hydrogens is 315 g/mol. The molecule has 6 nitrogen and oxygen atoms in total. The van der Waals surface area contributed by atoms with Gasteiger partial charge in [-0.15, -0.1) is 0 Å². The molecule has 9 heteroatoms. The SMILES string of the molecule is C[C@@H](C1CC1)N(CC(F)(F)F)C(=O)CN1C(=O)NC(C)(C)C1=O. The molecule has 2 aliphatic rings. The Labute approximate surface area is 132 Å². The third-order valence-electron chi connectivity index (χ3n) is 4.20. The number of nitrogens with one attached hydrogen (secondary N) is 1. The molecule has 1 aliphatic heterocycles. The fourth-order valence-electron chi connectivity index (χ4n) is 2.67. The van der Waals surface area contributed by atoms with Crippen molar-refractivity contribution in [1.82, 2.24) is 15.1 Å². The molecule has 0 radical (unpaired) electrons. The highest BCUT2D eigenvalue weighted by Gasteiger charge is 2.47. The Morgan fingerprint density at radius 3 is 2.35 bits per heavy atom. The maximum Gasteiger partial charge on any atom is 0.406 e. The molecule has 1 saturated heterocycles. The van der Waals surface area contributed by atoms with Gasteiger partial charge in [0.25, 0.3) is 5.91 Å². The summed E-state index contributed by atoms with van der Waals surface area (Å²) in [5.74, 6) is -1.45. The predicted molar refractivity (Wildman–Crippen MR) is 74.3 cm³/mol. The van der Waals surface area contributed by atoms with Crippen LogP contribution >= 0.6 is 0 Å². The molecule has 23 heavy (non-hydrogen) atoms. The standard InChI is InChI=1S/C14H20F3N3O3/c1-8(9-4-5-9)20(7-14(15,16)17)10(21)6-19-11(22)13(2,3)18-12(19)23/h8-9H,4-7H2,1-3H3,(H,18,23)/t8-/m0/s1. The zero-order valence-electron chi connectivity index (χ0n) is 13.2. The van der Waals surface area contributed by atoms with Gasteiger partial charge in [-0.3, -0.25) is 14.5 Å². The van der Waals surface area contributed by atoms with E-state index in [0.717, 1.165) is 17.7 Å². The maximum absolute atomic E-state index is 12.7. The van der Waals surface area contributed by atoms with Crippen LogP contribution in [0, 0.1) is 5.92 Å². The summed E-state index contributed by atoms with van der Waals surface area (Å²) < 4.78 is 38.2. The average Bonchev–Trinajstić information content (AvgIpc) is 3.20. The zero-order valence-corrected chi connectivity index (χ0v) is 13.2. The van der Waals surface area contributed by atoms with Gasteiger partial charge in [-0.25, -0.2) is 4.79 Å². The summed E-state index contributed by atoms with van der Waals surface area (Å²) in [6, 6.07) is -1.34. The maximum atomic E-state index is 12.7. The van der Waals surface area contributed by atoms with E-state index in [9.17, 15) is 27.6 Å². The molecule has 130 valence electrons. The smallest absolute Gasteiger partial charge is 0.329 e. The van der Waals surface area contributed by atoms with Gasteiger partial charge in [0.1, 0.15) is 18.6 Å². The second kappa shape index (κ2) is 5.68. The predicted octanol–water partition coefficient (Wildman–Crippen LogP) is 1.51. The number of amides is 4. The second-order valence-corrected chi connectivity index (χ2v) is 6.66. The number of rotatable bonds is 5. The zero-order chi connectivity index (χ0) is 17.6. The molecule has 0 unspecified atom stereocenters. The van der Waals surface area contributed by atoms with E-state index in [0.29, 0.717) is 4.90 Å². The van der Waals surface area contributed by atoms with Crippen LogP contribution in [0.4, 0.5) is 18.0 Å². The Bertz CT molecular complexity index is 529. The fourth-order valence-corrected chi connectivity index (χ4v) is 2.67. The van der Waals surface area contributed by atoms with Gasteiger partial charge in [0.2, 0.25) is 5.91 Å². The first-order valence-corrected chi connectivity index (χ1v) is 7.43. The van der Waals surface area contributed by atoms with Crippen LogP contribution in [0.3, 0.4) is 0 Å². The lowest BCUT2D eigenvalue weighted by Gasteiger charge is -2.31. The van der Waals surface area contributed by atoms with Crippen LogP contribution in [0.25, 0.3) is 0 Å². The largest absolute Gasteiger partial charge is 0.406 e. The van der Waals surface area contributed by atoms with Gasteiger partial charge < -0.3 is 10.2 Å². The van der Waals surface area contributed by atoms with Crippen LogP contribution in [0.15, 0.2) is 0 Å². The number of alkyl halides is 3. The van der Waals surface area contributed by atoms with Crippen molar-refractivity contribution in [1.29, 1.82) is 0 Å². The normalized spacial score (nSPS) is 22.1. The van der Waals surface area contributed by atoms with Crippen LogP contribution < -0.4 is 5.32 Å². The van der Waals surface area contributed by atoms with E-state index in [2.05, 4.69) is 5.32 Å². The molecule has 2 fully saturated rings. The molecule has 1 atom stereocenters. The summed E-state index contributed by atoms with van der Waals surface area (Å²) in [5.41, 5.74) is -1.16. The van der Waals surface area contributed by atoms with E-state index in [1.165, 1.54) is 13.8 Å². The van der Waals surface area contributed by atoms with Crippen LogP contribution in [0.5, 0.6) is 0 Å². The van der Waals surface area contributed by atoms with Crippen LogP contribution in [0.1, 0.15) is 33.6 Å². The van der Waals surface area contributed by atoms with Gasteiger partial charge in [-0.1, -0.05) is 0 Å². The van der Waals surface area contributed by atoms with Gasteiger partial charge in [-0.05, 0) is 39.5 Å². The monoisotopic (exact) mass is 335 g/mol. The fraction of sp³-hybridized carbons (Fsp3) is 0.786. The number of halogens is 3. The second-order valence-electron chi connectivity index (χ2n) is 6.66. The third-order valence-corrected chi connectivity index (χ3v) is 4.20. The van der Waals surface area contributed by atoms with Crippen LogP contribution in [0.2, 0.25) is 0 Å². The molecule has 0 bridgehead atoms. The summed E-state index contributed by atoms with van der Waals surface area (Å²) in [5, 5.41) is 2.39. The molecule has 1 N–H and O–H groups in total.